The minimum Gasteiger partial charge on any atom is -0.432 e. The normalized spacial score (nSPS) is 23.6. The SMILES string of the molecule is C[C@@H]1[C@@H]([Si](C)(C)O)[C@H](CCO)O[C@@]12C(=O)N(Cc1ccc(NC(=O)Cc3c[nH]c4ccccc34)cc1)c1ccccc12. The number of hydrogen-bond acceptors (Lipinski definition) is 5. The predicted octanol–water partition coefficient (Wildman–Crippen LogP) is 5.08. The van der Waals surface area contributed by atoms with Gasteiger partial charge in [-0.3, -0.25) is 9.59 Å². The van der Waals surface area contributed by atoms with Crippen molar-refractivity contribution in [3.8, 4) is 0 Å². The minimum absolute atomic E-state index is 0.0708. The van der Waals surface area contributed by atoms with E-state index < -0.39 is 20.0 Å². The molecule has 4 atom stereocenters. The van der Waals surface area contributed by atoms with Gasteiger partial charge in [0.1, 0.15) is 0 Å². The lowest BCUT2D eigenvalue weighted by Gasteiger charge is -2.32. The summed E-state index contributed by atoms with van der Waals surface area (Å²) >= 11 is 0. The van der Waals surface area contributed by atoms with Crippen LogP contribution in [0.3, 0.4) is 0 Å². The summed E-state index contributed by atoms with van der Waals surface area (Å²) in [4.78, 5) is 43.2. The van der Waals surface area contributed by atoms with E-state index in [1.54, 1.807) is 4.90 Å². The van der Waals surface area contributed by atoms with E-state index in [9.17, 15) is 19.5 Å². The minimum atomic E-state index is -2.73. The number of benzene rings is 3. The Kier molecular flexibility index (Phi) is 7.30. The fourth-order valence-electron chi connectivity index (χ4n) is 7.12. The van der Waals surface area contributed by atoms with Crippen LogP contribution in [0.25, 0.3) is 10.9 Å². The average molecular weight is 584 g/mol. The Bertz CT molecular complexity index is 1630. The Morgan fingerprint density at radius 2 is 1.79 bits per heavy atom. The number of fused-ring (bicyclic) bond motifs is 3. The number of aliphatic hydroxyl groups is 1. The number of hydrogen-bond donors (Lipinski definition) is 4. The number of aromatic nitrogens is 1. The van der Waals surface area contributed by atoms with Crippen LogP contribution in [0, 0.1) is 5.92 Å². The molecule has 1 fully saturated rings. The van der Waals surface area contributed by atoms with E-state index in [0.29, 0.717) is 18.7 Å². The van der Waals surface area contributed by atoms with Crippen LogP contribution >= 0.6 is 0 Å². The van der Waals surface area contributed by atoms with Gasteiger partial charge in [0.25, 0.3) is 5.91 Å². The maximum Gasteiger partial charge on any atom is 0.264 e. The molecule has 1 spiro atoms. The monoisotopic (exact) mass is 583 g/mol. The molecule has 9 heteroatoms. The van der Waals surface area contributed by atoms with Crippen LogP contribution in [0.2, 0.25) is 18.6 Å². The first-order valence-electron chi connectivity index (χ1n) is 14.5. The molecule has 0 aliphatic carbocycles. The Balaban J connectivity index is 1.20. The third-order valence-electron chi connectivity index (χ3n) is 8.91. The van der Waals surface area contributed by atoms with Crippen LogP contribution < -0.4 is 10.2 Å². The second-order valence-corrected chi connectivity index (χ2v) is 16.0. The van der Waals surface area contributed by atoms with Gasteiger partial charge in [0.05, 0.1) is 24.8 Å². The lowest BCUT2D eigenvalue weighted by atomic mass is 9.82. The van der Waals surface area contributed by atoms with Crippen molar-refractivity contribution in [2.24, 2.45) is 5.92 Å². The number of para-hydroxylation sites is 2. The highest BCUT2D eigenvalue weighted by Crippen LogP contribution is 2.59. The molecule has 218 valence electrons. The third kappa shape index (κ3) is 4.76. The first kappa shape index (κ1) is 28.4. The molecule has 1 aromatic heterocycles. The fraction of sp³-hybridized carbons (Fsp3) is 0.333. The molecule has 0 unspecified atom stereocenters. The second-order valence-electron chi connectivity index (χ2n) is 12.1. The van der Waals surface area contributed by atoms with Crippen molar-refractivity contribution in [3.05, 3.63) is 95.7 Å². The maximum absolute atomic E-state index is 14.3. The Hall–Kier alpha value is -3.76. The van der Waals surface area contributed by atoms with Gasteiger partial charge in [0.2, 0.25) is 5.91 Å². The number of H-pyrrole nitrogens is 1. The molecular formula is C33H37N3O5Si. The summed E-state index contributed by atoms with van der Waals surface area (Å²) in [5.74, 6) is -0.502. The van der Waals surface area contributed by atoms with Crippen molar-refractivity contribution in [1.82, 2.24) is 4.98 Å². The second kappa shape index (κ2) is 10.8. The molecule has 4 N–H and O–H groups in total. The predicted molar refractivity (Wildman–Crippen MR) is 166 cm³/mol. The number of nitrogens with zero attached hydrogens (tertiary/aromatic N) is 1. The van der Waals surface area contributed by atoms with E-state index in [0.717, 1.165) is 33.3 Å². The summed E-state index contributed by atoms with van der Waals surface area (Å²) in [5, 5.41) is 13.8. The number of aromatic amines is 1. The van der Waals surface area contributed by atoms with Gasteiger partial charge in [-0.2, -0.15) is 0 Å². The highest BCUT2D eigenvalue weighted by molar-refractivity contribution is 6.71. The van der Waals surface area contributed by atoms with Crippen LogP contribution in [0.4, 0.5) is 11.4 Å². The van der Waals surface area contributed by atoms with Gasteiger partial charge in [-0.05, 0) is 54.9 Å². The summed E-state index contributed by atoms with van der Waals surface area (Å²) in [6.45, 7) is 6.03. The number of carbonyl (C=O) groups is 2. The molecule has 2 amide bonds. The van der Waals surface area contributed by atoms with Crippen LogP contribution in [0.5, 0.6) is 0 Å². The lowest BCUT2D eigenvalue weighted by Crippen LogP contribution is -2.46. The van der Waals surface area contributed by atoms with Gasteiger partial charge in [0, 0.05) is 46.4 Å². The van der Waals surface area contributed by atoms with Gasteiger partial charge >= 0.3 is 0 Å². The molecule has 8 nitrogen and oxygen atoms in total. The smallest absolute Gasteiger partial charge is 0.264 e. The molecule has 0 bridgehead atoms. The van der Waals surface area contributed by atoms with Gasteiger partial charge < -0.3 is 29.8 Å². The Labute approximate surface area is 246 Å². The molecule has 0 radical (unpaired) electrons. The van der Waals surface area contributed by atoms with Crippen molar-refractivity contribution in [3.63, 3.8) is 0 Å². The van der Waals surface area contributed by atoms with E-state index in [1.165, 1.54) is 0 Å². The van der Waals surface area contributed by atoms with Gasteiger partial charge in [0.15, 0.2) is 13.9 Å². The quantitative estimate of drug-likeness (QED) is 0.216. The Morgan fingerprint density at radius 1 is 1.07 bits per heavy atom. The summed E-state index contributed by atoms with van der Waals surface area (Å²) in [5.41, 5.74) is 3.75. The Morgan fingerprint density at radius 3 is 2.52 bits per heavy atom. The molecule has 3 heterocycles. The number of nitrogens with one attached hydrogen (secondary N) is 2. The number of anilines is 2. The first-order valence-corrected chi connectivity index (χ1v) is 17.5. The molecule has 2 aliphatic rings. The zero-order valence-corrected chi connectivity index (χ0v) is 25.1. The maximum atomic E-state index is 14.3. The average Bonchev–Trinajstić information content (AvgIpc) is 3.57. The van der Waals surface area contributed by atoms with E-state index in [4.69, 9.17) is 4.74 Å². The molecule has 2 aliphatic heterocycles. The number of ether oxygens (including phenoxy) is 1. The van der Waals surface area contributed by atoms with Crippen molar-refractivity contribution in [2.45, 2.75) is 56.7 Å². The molecule has 1 saturated heterocycles. The fourth-order valence-corrected chi connectivity index (χ4v) is 9.72. The summed E-state index contributed by atoms with van der Waals surface area (Å²) < 4.78 is 6.61. The van der Waals surface area contributed by atoms with E-state index in [-0.39, 0.29) is 36.3 Å². The molecule has 0 saturated carbocycles. The summed E-state index contributed by atoms with van der Waals surface area (Å²) in [6.07, 6.45) is 2.10. The van der Waals surface area contributed by atoms with Crippen LogP contribution in [-0.2, 0) is 32.9 Å². The zero-order chi connectivity index (χ0) is 29.6. The van der Waals surface area contributed by atoms with Gasteiger partial charge in [-0.1, -0.05) is 55.5 Å². The molecule has 6 rings (SSSR count). The standard InChI is InChI=1S/C33H37N3O5Si/c1-21-31(42(2,3)40)29(16-17-37)41-33(21)26-9-5-7-11-28(26)36(32(33)39)20-22-12-14-24(15-13-22)35-30(38)18-23-19-34-27-10-6-4-8-25(23)27/h4-15,19,21,29,31,34,37,40H,16-18,20H2,1-3H3,(H,35,38)/t21-,29+,31-,33+/m1/s1. The van der Waals surface area contributed by atoms with Gasteiger partial charge in [-0.25, -0.2) is 0 Å². The summed E-state index contributed by atoms with van der Waals surface area (Å²) in [6, 6.07) is 23.2. The molecule has 3 aromatic carbocycles. The van der Waals surface area contributed by atoms with Crippen molar-refractivity contribution in [2.75, 3.05) is 16.8 Å². The molecule has 4 aromatic rings. The molecular weight excluding hydrogens is 546 g/mol. The van der Waals surface area contributed by atoms with E-state index in [2.05, 4.69) is 10.3 Å². The van der Waals surface area contributed by atoms with Crippen molar-refractivity contribution >= 4 is 42.4 Å². The van der Waals surface area contributed by atoms with E-state index in [1.807, 2.05) is 99.0 Å². The van der Waals surface area contributed by atoms with E-state index >= 15 is 0 Å². The topological polar surface area (TPSA) is 115 Å². The number of aliphatic hydroxyl groups excluding tert-OH is 1. The van der Waals surface area contributed by atoms with Crippen LogP contribution in [0.15, 0.2) is 79.0 Å². The first-order chi connectivity index (χ1) is 20.1. The van der Waals surface area contributed by atoms with Crippen molar-refractivity contribution in [1.29, 1.82) is 0 Å². The highest BCUT2D eigenvalue weighted by Gasteiger charge is 2.65. The van der Waals surface area contributed by atoms with Gasteiger partial charge in [-0.15, -0.1) is 0 Å². The molecule has 42 heavy (non-hydrogen) atoms. The third-order valence-corrected chi connectivity index (χ3v) is 11.4. The lowest BCUT2D eigenvalue weighted by molar-refractivity contribution is -0.146. The van der Waals surface area contributed by atoms with Crippen LogP contribution in [-0.4, -0.2) is 47.7 Å². The number of amides is 2. The van der Waals surface area contributed by atoms with Crippen LogP contribution in [0.1, 0.15) is 30.0 Å². The summed E-state index contributed by atoms with van der Waals surface area (Å²) in [7, 11) is -2.73. The highest BCUT2D eigenvalue weighted by atomic mass is 28.4. The zero-order valence-electron chi connectivity index (χ0n) is 24.1. The van der Waals surface area contributed by atoms with Crippen molar-refractivity contribution < 1.29 is 24.2 Å². The number of rotatable bonds is 8. The largest absolute Gasteiger partial charge is 0.432 e. The number of carbonyl (C=O) groups excluding carboxylic acids is 2.